The molecule has 0 spiro atoms. The molecule has 6 nitrogen and oxygen atoms in total. The van der Waals surface area contributed by atoms with Gasteiger partial charge in [-0.05, 0) is 78.0 Å². The topological polar surface area (TPSA) is 78.5 Å². The third kappa shape index (κ3) is 5.79. The van der Waals surface area contributed by atoms with Gasteiger partial charge in [-0.2, -0.15) is 0 Å². The average Bonchev–Trinajstić information content (AvgIpc) is 2.88. The summed E-state index contributed by atoms with van der Waals surface area (Å²) in [6, 6.07) is 29.0. The lowest BCUT2D eigenvalue weighted by Gasteiger charge is -2.23. The minimum atomic E-state index is -3.72. The molecular weight excluding hydrogens is 490 g/mol. The van der Waals surface area contributed by atoms with E-state index < -0.39 is 10.0 Å². The molecule has 1 amide bonds. The summed E-state index contributed by atoms with van der Waals surface area (Å²) in [4.78, 5) is 12.5. The first-order valence-corrected chi connectivity index (χ1v) is 13.2. The normalized spacial score (nSPS) is 11.4. The maximum atomic E-state index is 13.1. The number of carbonyl (C=O) groups is 1. The third-order valence-electron chi connectivity index (χ3n) is 5.51. The zero-order valence-electron chi connectivity index (χ0n) is 19.6. The first-order chi connectivity index (χ1) is 17.4. The fraction of sp³-hybridized carbons (Fsp3) is 0.0714. The summed E-state index contributed by atoms with van der Waals surface area (Å²) >= 11 is 5.25. The maximum Gasteiger partial charge on any atom is 0.264 e. The van der Waals surface area contributed by atoms with Crippen molar-refractivity contribution < 1.29 is 13.2 Å². The molecule has 0 saturated heterocycles. The summed E-state index contributed by atoms with van der Waals surface area (Å²) in [5.74, 6) is -0.374. The molecule has 0 aliphatic heterocycles. The summed E-state index contributed by atoms with van der Waals surface area (Å²) in [5, 5.41) is 7.77. The van der Waals surface area contributed by atoms with Gasteiger partial charge >= 0.3 is 0 Å². The summed E-state index contributed by atoms with van der Waals surface area (Å²) in [6.07, 6.45) is 3.17. The van der Waals surface area contributed by atoms with E-state index in [2.05, 4.69) is 10.6 Å². The predicted molar refractivity (Wildman–Crippen MR) is 150 cm³/mol. The van der Waals surface area contributed by atoms with Crippen molar-refractivity contribution in [3.63, 3.8) is 0 Å². The van der Waals surface area contributed by atoms with E-state index >= 15 is 0 Å². The molecule has 36 heavy (non-hydrogen) atoms. The zero-order valence-corrected chi connectivity index (χ0v) is 21.2. The van der Waals surface area contributed by atoms with Gasteiger partial charge in [-0.15, -0.1) is 0 Å². The number of amides is 1. The van der Waals surface area contributed by atoms with Gasteiger partial charge in [-0.3, -0.25) is 14.4 Å². The second kappa shape index (κ2) is 11.2. The summed E-state index contributed by atoms with van der Waals surface area (Å²) < 4.78 is 27.6. The van der Waals surface area contributed by atoms with Gasteiger partial charge in [-0.25, -0.2) is 8.42 Å². The van der Waals surface area contributed by atoms with Gasteiger partial charge in [0.15, 0.2) is 5.11 Å². The second-order valence-corrected chi connectivity index (χ2v) is 10.1. The van der Waals surface area contributed by atoms with E-state index in [4.69, 9.17) is 12.2 Å². The molecule has 8 heteroatoms. The number of nitrogens with zero attached hydrogens (tertiary/aromatic N) is 1. The Kier molecular flexibility index (Phi) is 7.77. The molecule has 0 radical (unpaired) electrons. The Morgan fingerprint density at radius 1 is 0.889 bits per heavy atom. The average molecular weight is 516 g/mol. The van der Waals surface area contributed by atoms with E-state index in [-0.39, 0.29) is 15.9 Å². The lowest BCUT2D eigenvalue weighted by molar-refractivity contribution is -0.115. The Balaban J connectivity index is 1.39. The van der Waals surface area contributed by atoms with Crippen molar-refractivity contribution in [3.05, 3.63) is 109 Å². The molecule has 0 aliphatic rings. The first-order valence-electron chi connectivity index (χ1n) is 11.3. The molecule has 4 rings (SSSR count). The SMILES string of the molecule is CCN(c1ccccc1)S(=O)(=O)c1ccc(NC(=S)NC(=O)/C=C/c2cccc3ccccc23)cc1. The van der Waals surface area contributed by atoms with E-state index in [0.717, 1.165) is 16.3 Å². The van der Waals surface area contributed by atoms with Crippen LogP contribution in [0.15, 0.2) is 108 Å². The first kappa shape index (κ1) is 25.1. The van der Waals surface area contributed by atoms with Crippen molar-refractivity contribution in [3.8, 4) is 0 Å². The van der Waals surface area contributed by atoms with Gasteiger partial charge in [-0.1, -0.05) is 60.7 Å². The Bertz CT molecular complexity index is 1510. The van der Waals surface area contributed by atoms with Gasteiger partial charge in [0.25, 0.3) is 10.0 Å². The molecule has 0 fully saturated rings. The Labute approximate surface area is 216 Å². The number of hydrogen-bond donors (Lipinski definition) is 2. The Morgan fingerprint density at radius 3 is 2.28 bits per heavy atom. The molecule has 0 aromatic heterocycles. The number of benzene rings is 4. The number of hydrogen-bond acceptors (Lipinski definition) is 4. The molecule has 182 valence electrons. The molecule has 0 unspecified atom stereocenters. The number of sulfonamides is 1. The second-order valence-electron chi connectivity index (χ2n) is 7.87. The number of para-hydroxylation sites is 1. The fourth-order valence-corrected chi connectivity index (χ4v) is 5.49. The Morgan fingerprint density at radius 2 is 1.56 bits per heavy atom. The van der Waals surface area contributed by atoms with Crippen molar-refractivity contribution in [2.45, 2.75) is 11.8 Å². The van der Waals surface area contributed by atoms with Crippen molar-refractivity contribution in [2.24, 2.45) is 0 Å². The number of carbonyl (C=O) groups excluding carboxylic acids is 1. The Hall–Kier alpha value is -4.01. The maximum absolute atomic E-state index is 13.1. The zero-order chi connectivity index (χ0) is 25.5. The molecule has 0 aliphatic carbocycles. The van der Waals surface area contributed by atoms with Gasteiger partial charge < -0.3 is 5.32 Å². The summed E-state index contributed by atoms with van der Waals surface area (Å²) in [7, 11) is -3.72. The van der Waals surface area contributed by atoms with Crippen molar-refractivity contribution in [2.75, 3.05) is 16.2 Å². The van der Waals surface area contributed by atoms with Crippen molar-refractivity contribution in [1.29, 1.82) is 0 Å². The molecule has 0 atom stereocenters. The summed E-state index contributed by atoms with van der Waals surface area (Å²) in [5.41, 5.74) is 2.08. The van der Waals surface area contributed by atoms with Crippen LogP contribution >= 0.6 is 12.2 Å². The highest BCUT2D eigenvalue weighted by Crippen LogP contribution is 2.24. The lowest BCUT2D eigenvalue weighted by Crippen LogP contribution is -2.33. The molecule has 0 saturated carbocycles. The number of rotatable bonds is 7. The van der Waals surface area contributed by atoms with Crippen LogP contribution in [0.4, 0.5) is 11.4 Å². The lowest BCUT2D eigenvalue weighted by atomic mass is 10.0. The molecule has 0 bridgehead atoms. The van der Waals surface area contributed by atoms with Crippen LogP contribution in [0.3, 0.4) is 0 Å². The number of nitrogens with one attached hydrogen (secondary N) is 2. The number of fused-ring (bicyclic) bond motifs is 1. The number of anilines is 2. The molecule has 4 aromatic carbocycles. The van der Waals surface area contributed by atoms with Crippen LogP contribution in [0.2, 0.25) is 0 Å². The monoisotopic (exact) mass is 515 g/mol. The number of thiocarbonyl (C=S) groups is 1. The van der Waals surface area contributed by atoms with Crippen LogP contribution in [0, 0.1) is 0 Å². The highest BCUT2D eigenvalue weighted by atomic mass is 32.2. The summed E-state index contributed by atoms with van der Waals surface area (Å²) in [6.45, 7) is 2.09. The fourth-order valence-electron chi connectivity index (χ4n) is 3.80. The minimum absolute atomic E-state index is 0.109. The van der Waals surface area contributed by atoms with Gasteiger partial charge in [0.2, 0.25) is 5.91 Å². The van der Waals surface area contributed by atoms with Gasteiger partial charge in [0.05, 0.1) is 10.6 Å². The van der Waals surface area contributed by atoms with Crippen LogP contribution in [0.5, 0.6) is 0 Å². The van der Waals surface area contributed by atoms with Gasteiger partial charge in [0.1, 0.15) is 0 Å². The van der Waals surface area contributed by atoms with Crippen molar-refractivity contribution in [1.82, 2.24) is 5.32 Å². The standard InChI is InChI=1S/C28H25N3O3S2/c1-2-31(24-12-4-3-5-13-24)36(33,34)25-18-16-23(17-19-25)29-28(35)30-27(32)20-15-22-11-8-10-21-9-6-7-14-26(21)22/h3-20H,2H2,1H3,(H2,29,30,32,35)/b20-15+. The van der Waals surface area contributed by atoms with Crippen molar-refractivity contribution >= 4 is 61.5 Å². The van der Waals surface area contributed by atoms with E-state index in [1.807, 2.05) is 48.5 Å². The van der Waals surface area contributed by atoms with E-state index in [1.165, 1.54) is 22.5 Å². The van der Waals surface area contributed by atoms with Crippen LogP contribution in [0.1, 0.15) is 12.5 Å². The largest absolute Gasteiger partial charge is 0.332 e. The molecular formula is C28H25N3O3S2. The van der Waals surface area contributed by atoms with Crippen LogP contribution < -0.4 is 14.9 Å². The minimum Gasteiger partial charge on any atom is -0.332 e. The van der Waals surface area contributed by atoms with Crippen LogP contribution in [0.25, 0.3) is 16.8 Å². The van der Waals surface area contributed by atoms with Gasteiger partial charge in [0, 0.05) is 18.3 Å². The van der Waals surface area contributed by atoms with E-state index in [1.54, 1.807) is 49.4 Å². The highest BCUT2D eigenvalue weighted by molar-refractivity contribution is 7.92. The quantitative estimate of drug-likeness (QED) is 0.248. The molecule has 0 heterocycles. The highest BCUT2D eigenvalue weighted by Gasteiger charge is 2.23. The third-order valence-corrected chi connectivity index (χ3v) is 7.63. The molecule has 2 N–H and O–H groups in total. The van der Waals surface area contributed by atoms with Crippen LogP contribution in [-0.2, 0) is 14.8 Å². The molecule has 4 aromatic rings. The van der Waals surface area contributed by atoms with E-state index in [0.29, 0.717) is 17.9 Å². The van der Waals surface area contributed by atoms with E-state index in [9.17, 15) is 13.2 Å². The smallest absolute Gasteiger partial charge is 0.264 e. The van der Waals surface area contributed by atoms with Crippen LogP contribution in [-0.4, -0.2) is 26.0 Å². The predicted octanol–water partition coefficient (Wildman–Crippen LogP) is 5.58.